The summed E-state index contributed by atoms with van der Waals surface area (Å²) in [7, 11) is 0. The number of benzene rings is 1. The summed E-state index contributed by atoms with van der Waals surface area (Å²) in [6.07, 6.45) is 0. The summed E-state index contributed by atoms with van der Waals surface area (Å²) < 4.78 is 6.48. The number of thiophene rings is 1. The van der Waals surface area contributed by atoms with Crippen molar-refractivity contribution >= 4 is 44.8 Å². The second-order valence-electron chi connectivity index (χ2n) is 3.44. The second kappa shape index (κ2) is 5.73. The molecule has 0 unspecified atom stereocenters. The van der Waals surface area contributed by atoms with Crippen LogP contribution in [0.15, 0.2) is 34.1 Å². The van der Waals surface area contributed by atoms with Crippen LogP contribution in [0, 0.1) is 0 Å². The number of rotatable bonds is 4. The Morgan fingerprint density at radius 1 is 1.50 bits per heavy atom. The number of ether oxygens (including phenoxy) is 1. The zero-order valence-electron chi connectivity index (χ0n) is 9.02. The van der Waals surface area contributed by atoms with E-state index in [1.165, 1.54) is 17.4 Å². The van der Waals surface area contributed by atoms with E-state index >= 15 is 0 Å². The molecule has 1 heterocycles. The van der Waals surface area contributed by atoms with Crippen LogP contribution in [0.1, 0.15) is 15.2 Å². The van der Waals surface area contributed by atoms with Gasteiger partial charge in [-0.2, -0.15) is 0 Å². The molecule has 0 saturated carbocycles. The molecule has 0 aliphatic heterocycles. The monoisotopic (exact) mass is 346 g/mol. The van der Waals surface area contributed by atoms with E-state index in [1.807, 2.05) is 11.4 Å². The van der Waals surface area contributed by atoms with Crippen LogP contribution in [-0.4, -0.2) is 11.1 Å². The summed E-state index contributed by atoms with van der Waals surface area (Å²) in [5.74, 6) is -0.851. The largest absolute Gasteiger partial charge is 0.486 e. The van der Waals surface area contributed by atoms with Crippen molar-refractivity contribution in [1.29, 1.82) is 0 Å². The fourth-order valence-corrected chi connectivity index (χ4v) is 2.99. The highest BCUT2D eigenvalue weighted by Gasteiger charge is 2.14. The van der Waals surface area contributed by atoms with Gasteiger partial charge in [0.15, 0.2) is 5.75 Å². The molecular weight excluding hydrogens is 340 g/mol. The number of halogens is 2. The lowest BCUT2D eigenvalue weighted by Crippen LogP contribution is -2.03. The molecule has 1 N–H and O–H groups in total. The molecule has 2 aromatic rings. The molecule has 3 nitrogen and oxygen atoms in total. The molecular formula is C12H8BrClO3S. The highest BCUT2D eigenvalue weighted by Crippen LogP contribution is 2.30. The fourth-order valence-electron chi connectivity index (χ4n) is 1.40. The minimum absolute atomic E-state index is 0.0677. The first-order valence-corrected chi connectivity index (χ1v) is 7.00. The standard InChI is InChI=1S/C12H8BrClO3S/c13-7-4-8(18-6-7)5-17-11-9(12(15)16)2-1-3-10(11)14/h1-4,6H,5H2,(H,15,16). The van der Waals surface area contributed by atoms with Crippen LogP contribution in [0.2, 0.25) is 5.02 Å². The summed E-state index contributed by atoms with van der Waals surface area (Å²) in [5.41, 5.74) is 0.0677. The average Bonchev–Trinajstić information content (AvgIpc) is 2.73. The zero-order valence-corrected chi connectivity index (χ0v) is 12.2. The summed E-state index contributed by atoms with van der Waals surface area (Å²) >= 11 is 10.8. The highest BCUT2D eigenvalue weighted by atomic mass is 79.9. The number of carboxylic acids is 1. The minimum atomic E-state index is -1.06. The SMILES string of the molecule is O=C(O)c1cccc(Cl)c1OCc1cc(Br)cs1. The van der Waals surface area contributed by atoms with Gasteiger partial charge in [0, 0.05) is 14.7 Å². The molecule has 0 bridgehead atoms. The van der Waals surface area contributed by atoms with E-state index in [-0.39, 0.29) is 11.3 Å². The van der Waals surface area contributed by atoms with Gasteiger partial charge < -0.3 is 9.84 Å². The van der Waals surface area contributed by atoms with E-state index in [4.69, 9.17) is 21.4 Å². The topological polar surface area (TPSA) is 46.5 Å². The average molecular weight is 348 g/mol. The van der Waals surface area contributed by atoms with E-state index in [0.29, 0.717) is 11.6 Å². The van der Waals surface area contributed by atoms with Crippen molar-refractivity contribution in [3.8, 4) is 5.75 Å². The normalized spacial score (nSPS) is 10.3. The Morgan fingerprint density at radius 3 is 2.89 bits per heavy atom. The first-order chi connectivity index (χ1) is 8.58. The van der Waals surface area contributed by atoms with Crippen LogP contribution in [0.5, 0.6) is 5.75 Å². The third-order valence-electron chi connectivity index (χ3n) is 2.18. The van der Waals surface area contributed by atoms with Crippen LogP contribution in [0.3, 0.4) is 0 Å². The van der Waals surface area contributed by atoms with Crippen LogP contribution < -0.4 is 4.74 Å². The van der Waals surface area contributed by atoms with Crippen molar-refractivity contribution in [2.24, 2.45) is 0 Å². The maximum absolute atomic E-state index is 11.0. The predicted molar refractivity (Wildman–Crippen MR) is 74.8 cm³/mol. The van der Waals surface area contributed by atoms with Gasteiger partial charge in [-0.15, -0.1) is 11.3 Å². The Labute approximate surface area is 121 Å². The molecule has 0 amide bonds. The molecule has 0 atom stereocenters. The predicted octanol–water partition coefficient (Wildman–Crippen LogP) is 4.44. The van der Waals surface area contributed by atoms with E-state index in [2.05, 4.69) is 15.9 Å². The summed E-state index contributed by atoms with van der Waals surface area (Å²) in [6.45, 7) is 0.292. The summed E-state index contributed by atoms with van der Waals surface area (Å²) in [6, 6.07) is 6.57. The van der Waals surface area contributed by atoms with Gasteiger partial charge in [-0.3, -0.25) is 0 Å². The zero-order chi connectivity index (χ0) is 13.1. The van der Waals surface area contributed by atoms with Gasteiger partial charge in [0.25, 0.3) is 0 Å². The van der Waals surface area contributed by atoms with Gasteiger partial charge in [0.2, 0.25) is 0 Å². The summed E-state index contributed by atoms with van der Waals surface area (Å²) in [5, 5.41) is 11.3. The number of carbonyl (C=O) groups is 1. The summed E-state index contributed by atoms with van der Waals surface area (Å²) in [4.78, 5) is 12.0. The third kappa shape index (κ3) is 3.04. The Kier molecular flexibility index (Phi) is 4.27. The van der Waals surface area contributed by atoms with Crippen molar-refractivity contribution < 1.29 is 14.6 Å². The van der Waals surface area contributed by atoms with Gasteiger partial charge in [0.05, 0.1) is 5.02 Å². The van der Waals surface area contributed by atoms with Crippen molar-refractivity contribution in [2.45, 2.75) is 6.61 Å². The molecule has 18 heavy (non-hydrogen) atoms. The van der Waals surface area contributed by atoms with Crippen LogP contribution in [-0.2, 0) is 6.61 Å². The first kappa shape index (κ1) is 13.4. The molecule has 0 fully saturated rings. The van der Waals surface area contributed by atoms with Gasteiger partial charge >= 0.3 is 5.97 Å². The Morgan fingerprint density at radius 2 is 2.28 bits per heavy atom. The third-order valence-corrected chi connectivity index (χ3v) is 4.15. The van der Waals surface area contributed by atoms with E-state index < -0.39 is 5.97 Å². The maximum Gasteiger partial charge on any atom is 0.339 e. The minimum Gasteiger partial charge on any atom is -0.486 e. The molecule has 2 rings (SSSR count). The molecule has 1 aromatic carbocycles. The molecule has 94 valence electrons. The van der Waals surface area contributed by atoms with E-state index in [9.17, 15) is 4.79 Å². The number of aromatic carboxylic acids is 1. The van der Waals surface area contributed by atoms with Gasteiger partial charge in [0.1, 0.15) is 12.2 Å². The lowest BCUT2D eigenvalue weighted by Gasteiger charge is -2.09. The molecule has 0 aliphatic rings. The molecule has 0 radical (unpaired) electrons. The molecule has 1 aromatic heterocycles. The van der Waals surface area contributed by atoms with Crippen molar-refractivity contribution in [2.75, 3.05) is 0 Å². The second-order valence-corrected chi connectivity index (χ2v) is 5.76. The Bertz CT molecular complexity index is 582. The van der Waals surface area contributed by atoms with Crippen molar-refractivity contribution in [3.63, 3.8) is 0 Å². The lowest BCUT2D eigenvalue weighted by atomic mass is 10.2. The molecule has 0 spiro atoms. The number of para-hydroxylation sites is 1. The Hall–Kier alpha value is -1.04. The Balaban J connectivity index is 2.20. The van der Waals surface area contributed by atoms with Crippen molar-refractivity contribution in [1.82, 2.24) is 0 Å². The maximum atomic E-state index is 11.0. The van der Waals surface area contributed by atoms with E-state index in [1.54, 1.807) is 12.1 Å². The van der Waals surface area contributed by atoms with Gasteiger partial charge in [-0.05, 0) is 34.1 Å². The van der Waals surface area contributed by atoms with Crippen LogP contribution in [0.25, 0.3) is 0 Å². The lowest BCUT2D eigenvalue weighted by molar-refractivity contribution is 0.0692. The van der Waals surface area contributed by atoms with Gasteiger partial charge in [-0.25, -0.2) is 4.79 Å². The molecule has 6 heteroatoms. The number of carboxylic acid groups (broad SMARTS) is 1. The molecule has 0 saturated heterocycles. The molecule has 0 aliphatic carbocycles. The fraction of sp³-hybridized carbons (Fsp3) is 0.0833. The van der Waals surface area contributed by atoms with Crippen LogP contribution >= 0.6 is 38.9 Å². The van der Waals surface area contributed by atoms with Gasteiger partial charge in [-0.1, -0.05) is 17.7 Å². The number of hydrogen-bond donors (Lipinski definition) is 1. The number of hydrogen-bond acceptors (Lipinski definition) is 3. The van der Waals surface area contributed by atoms with E-state index in [0.717, 1.165) is 9.35 Å². The smallest absolute Gasteiger partial charge is 0.339 e. The first-order valence-electron chi connectivity index (χ1n) is 4.95. The highest BCUT2D eigenvalue weighted by molar-refractivity contribution is 9.10. The quantitative estimate of drug-likeness (QED) is 0.889. The van der Waals surface area contributed by atoms with Crippen molar-refractivity contribution in [3.05, 3.63) is 49.6 Å². The van der Waals surface area contributed by atoms with Crippen LogP contribution in [0.4, 0.5) is 0 Å².